The zero-order valence-corrected chi connectivity index (χ0v) is 12.6. The third-order valence-corrected chi connectivity index (χ3v) is 9.89. The van der Waals surface area contributed by atoms with Gasteiger partial charge in [-0.1, -0.05) is 36.4 Å². The molecule has 0 N–H and O–H groups in total. The Balaban J connectivity index is 1.84. The first-order chi connectivity index (χ1) is 8.79. The molecule has 0 amide bonds. The van der Waals surface area contributed by atoms with Crippen molar-refractivity contribution in [3.63, 3.8) is 0 Å². The van der Waals surface area contributed by atoms with Gasteiger partial charge in [0.25, 0.3) is 0 Å². The molecule has 1 aliphatic heterocycles. The average Bonchev–Trinajstić information content (AvgIpc) is 2.41. The van der Waals surface area contributed by atoms with Gasteiger partial charge in [-0.15, -0.1) is 0 Å². The summed E-state index contributed by atoms with van der Waals surface area (Å²) in [5.74, 6) is 0. The minimum atomic E-state index is -0.901. The van der Waals surface area contributed by atoms with Crippen molar-refractivity contribution in [1.82, 2.24) is 0 Å². The zero-order chi connectivity index (χ0) is 12.5. The Morgan fingerprint density at radius 2 is 0.944 bits per heavy atom. The molecule has 1 aliphatic rings. The fourth-order valence-electron chi connectivity index (χ4n) is 1.75. The van der Waals surface area contributed by atoms with E-state index in [1.807, 2.05) is 60.7 Å². The van der Waals surface area contributed by atoms with Gasteiger partial charge in [-0.3, -0.25) is 8.88 Å². The van der Waals surface area contributed by atoms with Gasteiger partial charge >= 0.3 is 0 Å². The topological polar surface area (TPSA) is 6.48 Å². The summed E-state index contributed by atoms with van der Waals surface area (Å²) in [7, 11) is -1.80. The quantitative estimate of drug-likeness (QED) is 0.632. The maximum absolute atomic E-state index is 6.49. The third-order valence-electron chi connectivity index (χ3n) is 2.60. The molecule has 1 fully saturated rings. The summed E-state index contributed by atoms with van der Waals surface area (Å²) in [6.45, 7) is 0. The van der Waals surface area contributed by atoms with Gasteiger partial charge in [0.15, 0.2) is 0 Å². The normalized spacial score (nSPS) is 22.8. The largest absolute Gasteiger partial charge is 0.269 e. The summed E-state index contributed by atoms with van der Waals surface area (Å²) in [6, 6.07) is 20.1. The van der Waals surface area contributed by atoms with Crippen LogP contribution in [0.5, 0.6) is 0 Å². The lowest BCUT2D eigenvalue weighted by molar-refractivity contribution is 1.45. The van der Waals surface area contributed by atoms with E-state index in [1.165, 1.54) is 0 Å². The van der Waals surface area contributed by atoms with Crippen LogP contribution in [0.3, 0.4) is 0 Å². The molecular weight excluding hydrogens is 305 g/mol. The molecule has 1 heterocycles. The SMILES string of the molecule is ClP1N(c2ccccc2)P(Cl)N1c1ccccc1. The molecule has 0 aromatic heterocycles. The first-order valence-electron chi connectivity index (χ1n) is 5.41. The number of benzene rings is 2. The lowest BCUT2D eigenvalue weighted by atomic mass is 10.3. The lowest BCUT2D eigenvalue weighted by Gasteiger charge is -2.51. The van der Waals surface area contributed by atoms with Crippen LogP contribution in [0.2, 0.25) is 0 Å². The Morgan fingerprint density at radius 3 is 1.28 bits per heavy atom. The maximum Gasteiger partial charge on any atom is 0.209 e. The van der Waals surface area contributed by atoms with Crippen molar-refractivity contribution in [2.45, 2.75) is 0 Å². The second-order valence-electron chi connectivity index (χ2n) is 3.73. The molecule has 0 atom stereocenters. The van der Waals surface area contributed by atoms with Crippen molar-refractivity contribution in [3.8, 4) is 0 Å². The monoisotopic (exact) mass is 314 g/mol. The Kier molecular flexibility index (Phi) is 3.63. The van der Waals surface area contributed by atoms with Gasteiger partial charge in [0.05, 0.1) is 0 Å². The van der Waals surface area contributed by atoms with Crippen molar-refractivity contribution in [3.05, 3.63) is 60.7 Å². The van der Waals surface area contributed by atoms with Crippen LogP contribution >= 0.6 is 37.6 Å². The Hall–Kier alpha value is -0.520. The highest BCUT2D eigenvalue weighted by Gasteiger charge is 2.46. The van der Waals surface area contributed by atoms with Crippen molar-refractivity contribution in [2.24, 2.45) is 0 Å². The predicted molar refractivity (Wildman–Crippen MR) is 83.4 cm³/mol. The second kappa shape index (κ2) is 5.23. The summed E-state index contributed by atoms with van der Waals surface area (Å²) in [5, 5.41) is 0. The average molecular weight is 315 g/mol. The van der Waals surface area contributed by atoms with Crippen LogP contribution in [0.25, 0.3) is 0 Å². The van der Waals surface area contributed by atoms with E-state index in [0.717, 1.165) is 11.4 Å². The van der Waals surface area contributed by atoms with Crippen molar-refractivity contribution in [2.75, 3.05) is 8.88 Å². The number of rotatable bonds is 2. The number of anilines is 2. The van der Waals surface area contributed by atoms with Gasteiger partial charge < -0.3 is 0 Å². The third kappa shape index (κ3) is 2.08. The predicted octanol–water partition coefficient (Wildman–Crippen LogP) is 5.94. The van der Waals surface area contributed by atoms with E-state index in [4.69, 9.17) is 22.5 Å². The molecule has 92 valence electrons. The van der Waals surface area contributed by atoms with Crippen LogP contribution < -0.4 is 8.88 Å². The molecule has 0 radical (unpaired) electrons. The van der Waals surface area contributed by atoms with Gasteiger partial charge in [0.1, 0.15) is 0 Å². The molecule has 1 saturated heterocycles. The molecule has 3 rings (SSSR count). The van der Waals surface area contributed by atoms with Crippen LogP contribution in [0, 0.1) is 0 Å². The van der Waals surface area contributed by atoms with E-state index in [-0.39, 0.29) is 0 Å². The van der Waals surface area contributed by atoms with Crippen molar-refractivity contribution >= 4 is 49.0 Å². The Morgan fingerprint density at radius 1 is 0.611 bits per heavy atom. The summed E-state index contributed by atoms with van der Waals surface area (Å²) >= 11 is 13.0. The number of halogens is 2. The molecule has 2 nitrogen and oxygen atoms in total. The molecule has 2 aromatic rings. The minimum Gasteiger partial charge on any atom is -0.269 e. The number of nitrogens with zero attached hydrogens (tertiary/aromatic N) is 2. The van der Waals surface area contributed by atoms with Crippen LogP contribution in [0.1, 0.15) is 0 Å². The number of hydrogen-bond donors (Lipinski definition) is 0. The van der Waals surface area contributed by atoms with Gasteiger partial charge in [0.2, 0.25) is 15.2 Å². The first kappa shape index (κ1) is 12.5. The molecule has 6 heteroatoms. The zero-order valence-electron chi connectivity index (χ0n) is 9.32. The van der Waals surface area contributed by atoms with E-state index in [0.29, 0.717) is 0 Å². The van der Waals surface area contributed by atoms with Crippen LogP contribution in [-0.2, 0) is 0 Å². The summed E-state index contributed by atoms with van der Waals surface area (Å²) in [5.41, 5.74) is 2.18. The molecule has 2 aromatic carbocycles. The van der Waals surface area contributed by atoms with E-state index >= 15 is 0 Å². The summed E-state index contributed by atoms with van der Waals surface area (Å²) < 4.78 is 4.20. The summed E-state index contributed by atoms with van der Waals surface area (Å²) in [4.78, 5) is 0. The van der Waals surface area contributed by atoms with Crippen LogP contribution in [-0.4, -0.2) is 0 Å². The molecule has 0 spiro atoms. The molecule has 0 bridgehead atoms. The van der Waals surface area contributed by atoms with Crippen LogP contribution in [0.15, 0.2) is 60.7 Å². The second-order valence-corrected chi connectivity index (χ2v) is 8.74. The molecule has 0 aliphatic carbocycles. The van der Waals surface area contributed by atoms with E-state index in [9.17, 15) is 0 Å². The van der Waals surface area contributed by atoms with E-state index in [2.05, 4.69) is 8.88 Å². The van der Waals surface area contributed by atoms with Crippen molar-refractivity contribution in [1.29, 1.82) is 0 Å². The fraction of sp³-hybridized carbons (Fsp3) is 0. The standard InChI is InChI=1S/C12H10Cl2N2P2/c13-17-15(11-7-3-1-4-8-11)18(14)16(17)12-9-5-2-6-10-12/h1-10H. The fourth-order valence-corrected chi connectivity index (χ4v) is 8.76. The van der Waals surface area contributed by atoms with E-state index in [1.54, 1.807) is 0 Å². The lowest BCUT2D eigenvalue weighted by Crippen LogP contribution is -2.31. The van der Waals surface area contributed by atoms with Crippen molar-refractivity contribution < 1.29 is 0 Å². The van der Waals surface area contributed by atoms with Gasteiger partial charge in [0, 0.05) is 11.4 Å². The minimum absolute atomic E-state index is 0.901. The maximum atomic E-state index is 6.49. The molecule has 18 heavy (non-hydrogen) atoms. The number of para-hydroxylation sites is 2. The molecule has 0 saturated carbocycles. The van der Waals surface area contributed by atoms with E-state index < -0.39 is 15.2 Å². The summed E-state index contributed by atoms with van der Waals surface area (Å²) in [6.07, 6.45) is 0. The van der Waals surface area contributed by atoms with Gasteiger partial charge in [-0.2, -0.15) is 0 Å². The molecule has 0 unspecified atom stereocenters. The smallest absolute Gasteiger partial charge is 0.209 e. The van der Waals surface area contributed by atoms with Gasteiger partial charge in [-0.25, -0.2) is 0 Å². The first-order valence-corrected chi connectivity index (χ1v) is 9.71. The molecular formula is C12H10Cl2N2P2. The highest BCUT2D eigenvalue weighted by Crippen LogP contribution is 2.82. The highest BCUT2D eigenvalue weighted by atomic mass is 35.7. The highest BCUT2D eigenvalue weighted by molar-refractivity contribution is 8.15. The van der Waals surface area contributed by atoms with Gasteiger partial charge in [-0.05, 0) is 46.7 Å². The Bertz CT molecular complexity index is 469. The Labute approximate surface area is 118 Å². The van der Waals surface area contributed by atoms with Crippen LogP contribution in [0.4, 0.5) is 11.4 Å². The number of hydrogen-bond acceptors (Lipinski definition) is 2.